The standard InChI is InChI=1S/C21H32F2N4O5S/c1-21(2,3)32-20(29)27-13-11-26(12-14-27)10-4-8-24-19(28)7-9-25-33(30,31)16-5-6-17(22)18(23)15-16/h5-6,15,25H,4,7-14H2,1-3H3,(H,24,28). The van der Waals surface area contributed by atoms with E-state index in [9.17, 15) is 26.8 Å². The smallest absolute Gasteiger partial charge is 0.410 e. The third-order valence-corrected chi connectivity index (χ3v) is 6.30. The Balaban J connectivity index is 1.60. The molecule has 0 aliphatic carbocycles. The van der Waals surface area contributed by atoms with Gasteiger partial charge in [0.15, 0.2) is 11.6 Å². The second-order valence-electron chi connectivity index (χ2n) is 8.74. The average Bonchev–Trinajstić information content (AvgIpc) is 2.72. The topological polar surface area (TPSA) is 108 Å². The lowest BCUT2D eigenvalue weighted by molar-refractivity contribution is -0.120. The van der Waals surface area contributed by atoms with Gasteiger partial charge in [0, 0.05) is 45.7 Å². The molecule has 1 aromatic rings. The number of hydrogen-bond acceptors (Lipinski definition) is 6. The van der Waals surface area contributed by atoms with Crippen LogP contribution in [0.1, 0.15) is 33.6 Å². The Hall–Kier alpha value is -2.31. The highest BCUT2D eigenvalue weighted by Gasteiger charge is 2.25. The third kappa shape index (κ3) is 9.22. The third-order valence-electron chi connectivity index (χ3n) is 4.84. The number of amides is 2. The van der Waals surface area contributed by atoms with Gasteiger partial charge in [-0.15, -0.1) is 0 Å². The zero-order valence-electron chi connectivity index (χ0n) is 19.2. The molecule has 0 radical (unpaired) electrons. The van der Waals surface area contributed by atoms with E-state index in [1.54, 1.807) is 4.90 Å². The molecule has 1 heterocycles. The fourth-order valence-corrected chi connectivity index (χ4v) is 4.17. The van der Waals surface area contributed by atoms with Crippen molar-refractivity contribution in [3.05, 3.63) is 29.8 Å². The van der Waals surface area contributed by atoms with Crippen LogP contribution >= 0.6 is 0 Å². The molecule has 0 saturated carbocycles. The number of ether oxygens (including phenoxy) is 1. The van der Waals surface area contributed by atoms with Gasteiger partial charge < -0.3 is 15.0 Å². The lowest BCUT2D eigenvalue weighted by Gasteiger charge is -2.35. The quantitative estimate of drug-likeness (QED) is 0.510. The minimum absolute atomic E-state index is 0.0858. The summed E-state index contributed by atoms with van der Waals surface area (Å²) in [6, 6.07) is 2.27. The maximum atomic E-state index is 13.2. The minimum atomic E-state index is -4.04. The SMILES string of the molecule is CC(C)(C)OC(=O)N1CCN(CCCNC(=O)CCNS(=O)(=O)c2ccc(F)c(F)c2)CC1. The zero-order valence-corrected chi connectivity index (χ0v) is 20.0. The van der Waals surface area contributed by atoms with E-state index >= 15 is 0 Å². The van der Waals surface area contributed by atoms with E-state index in [1.165, 1.54) is 0 Å². The molecule has 1 saturated heterocycles. The number of nitrogens with one attached hydrogen (secondary N) is 2. The number of piperazine rings is 1. The molecule has 1 aliphatic heterocycles. The number of carbonyl (C=O) groups excluding carboxylic acids is 2. The van der Waals surface area contributed by atoms with Gasteiger partial charge in [-0.3, -0.25) is 9.69 Å². The Morgan fingerprint density at radius 2 is 1.73 bits per heavy atom. The molecule has 9 nitrogen and oxygen atoms in total. The number of rotatable bonds is 9. The van der Waals surface area contributed by atoms with Crippen LogP contribution in [0, 0.1) is 11.6 Å². The Labute approximate surface area is 193 Å². The first kappa shape index (κ1) is 26.9. The number of benzene rings is 1. The molecule has 0 spiro atoms. The van der Waals surface area contributed by atoms with Crippen LogP contribution in [0.4, 0.5) is 13.6 Å². The van der Waals surface area contributed by atoms with Gasteiger partial charge in [-0.1, -0.05) is 0 Å². The first-order valence-electron chi connectivity index (χ1n) is 10.8. The van der Waals surface area contributed by atoms with Gasteiger partial charge in [-0.25, -0.2) is 26.7 Å². The van der Waals surface area contributed by atoms with Crippen molar-refractivity contribution in [2.75, 3.05) is 45.8 Å². The largest absolute Gasteiger partial charge is 0.444 e. The summed E-state index contributed by atoms with van der Waals surface area (Å²) < 4.78 is 57.9. The lowest BCUT2D eigenvalue weighted by atomic mass is 10.2. The molecule has 2 rings (SSSR count). The van der Waals surface area contributed by atoms with Crippen molar-refractivity contribution in [2.45, 2.75) is 44.1 Å². The van der Waals surface area contributed by atoms with Crippen LogP contribution in [-0.2, 0) is 19.6 Å². The minimum Gasteiger partial charge on any atom is -0.444 e. The van der Waals surface area contributed by atoms with Gasteiger partial charge in [0.25, 0.3) is 0 Å². The van der Waals surface area contributed by atoms with Crippen molar-refractivity contribution in [1.82, 2.24) is 19.8 Å². The Bertz CT molecular complexity index is 929. The lowest BCUT2D eigenvalue weighted by Crippen LogP contribution is -2.50. The molecule has 0 bridgehead atoms. The summed E-state index contributed by atoms with van der Waals surface area (Å²) in [6.07, 6.45) is 0.311. The maximum Gasteiger partial charge on any atom is 0.410 e. The van der Waals surface area contributed by atoms with Crippen LogP contribution in [0.3, 0.4) is 0 Å². The van der Waals surface area contributed by atoms with Gasteiger partial charge in [-0.2, -0.15) is 0 Å². The van der Waals surface area contributed by atoms with Gasteiger partial charge in [0.1, 0.15) is 5.60 Å². The molecule has 12 heteroatoms. The van der Waals surface area contributed by atoms with Crippen LogP contribution in [-0.4, -0.2) is 81.6 Å². The zero-order chi connectivity index (χ0) is 24.6. The highest BCUT2D eigenvalue weighted by Crippen LogP contribution is 2.14. The van der Waals surface area contributed by atoms with Crippen molar-refractivity contribution in [1.29, 1.82) is 0 Å². The van der Waals surface area contributed by atoms with Crippen LogP contribution in [0.25, 0.3) is 0 Å². The Morgan fingerprint density at radius 1 is 1.06 bits per heavy atom. The highest BCUT2D eigenvalue weighted by molar-refractivity contribution is 7.89. The van der Waals surface area contributed by atoms with Gasteiger partial charge >= 0.3 is 6.09 Å². The fraction of sp³-hybridized carbons (Fsp3) is 0.619. The summed E-state index contributed by atoms with van der Waals surface area (Å²) >= 11 is 0. The second kappa shape index (κ2) is 11.7. The van der Waals surface area contributed by atoms with Crippen LogP contribution in [0.2, 0.25) is 0 Å². The number of hydrogen-bond donors (Lipinski definition) is 2. The Morgan fingerprint density at radius 3 is 2.33 bits per heavy atom. The second-order valence-corrected chi connectivity index (χ2v) is 10.5. The van der Waals surface area contributed by atoms with E-state index in [4.69, 9.17) is 4.74 Å². The number of nitrogens with zero attached hydrogens (tertiary/aromatic N) is 2. The van der Waals surface area contributed by atoms with Crippen LogP contribution in [0.5, 0.6) is 0 Å². The molecular formula is C21H32F2N4O5S. The molecule has 1 aliphatic rings. The highest BCUT2D eigenvalue weighted by atomic mass is 32.2. The van der Waals surface area contributed by atoms with Crippen molar-refractivity contribution in [3.63, 3.8) is 0 Å². The number of carbonyl (C=O) groups is 2. The summed E-state index contributed by atoms with van der Waals surface area (Å²) in [7, 11) is -4.04. The molecule has 2 N–H and O–H groups in total. The van der Waals surface area contributed by atoms with Crippen LogP contribution in [0.15, 0.2) is 23.1 Å². The van der Waals surface area contributed by atoms with Crippen molar-refractivity contribution < 1.29 is 31.5 Å². The monoisotopic (exact) mass is 490 g/mol. The molecule has 0 atom stereocenters. The van der Waals surface area contributed by atoms with Gasteiger partial charge in [-0.05, 0) is 51.9 Å². The van der Waals surface area contributed by atoms with Gasteiger partial charge in [0.05, 0.1) is 4.90 Å². The van der Waals surface area contributed by atoms with Crippen molar-refractivity contribution in [2.24, 2.45) is 0 Å². The number of halogens is 2. The first-order chi connectivity index (χ1) is 15.4. The van der Waals surface area contributed by atoms with E-state index < -0.39 is 32.2 Å². The van der Waals surface area contributed by atoms with E-state index in [0.717, 1.165) is 31.8 Å². The summed E-state index contributed by atoms with van der Waals surface area (Å²) in [5, 5.41) is 2.72. The molecule has 1 aromatic carbocycles. The predicted molar refractivity (Wildman–Crippen MR) is 118 cm³/mol. The molecular weight excluding hydrogens is 458 g/mol. The fourth-order valence-electron chi connectivity index (χ4n) is 3.13. The van der Waals surface area contributed by atoms with Crippen molar-refractivity contribution in [3.8, 4) is 0 Å². The maximum absolute atomic E-state index is 13.2. The van der Waals surface area contributed by atoms with E-state index in [-0.39, 0.29) is 25.0 Å². The summed E-state index contributed by atoms with van der Waals surface area (Å²) in [5.41, 5.74) is -0.523. The van der Waals surface area contributed by atoms with Crippen LogP contribution < -0.4 is 10.0 Å². The molecule has 33 heavy (non-hydrogen) atoms. The van der Waals surface area contributed by atoms with Gasteiger partial charge in [0.2, 0.25) is 15.9 Å². The molecule has 1 fully saturated rings. The molecule has 0 unspecified atom stereocenters. The van der Waals surface area contributed by atoms with Crippen molar-refractivity contribution >= 4 is 22.0 Å². The average molecular weight is 491 g/mol. The Kier molecular flexibility index (Phi) is 9.56. The first-order valence-corrected chi connectivity index (χ1v) is 12.3. The summed E-state index contributed by atoms with van der Waals surface area (Å²) in [4.78, 5) is 27.5. The predicted octanol–water partition coefficient (Wildman–Crippen LogP) is 1.69. The van der Waals surface area contributed by atoms with E-state index in [0.29, 0.717) is 32.1 Å². The summed E-state index contributed by atoms with van der Waals surface area (Å²) in [6.45, 7) is 9.12. The normalized spacial score (nSPS) is 15.4. The molecule has 0 aromatic heterocycles. The van der Waals surface area contributed by atoms with E-state index in [2.05, 4.69) is 14.9 Å². The molecule has 2 amide bonds. The number of sulfonamides is 1. The summed E-state index contributed by atoms with van der Waals surface area (Å²) in [5.74, 6) is -2.72. The molecule has 186 valence electrons. The van der Waals surface area contributed by atoms with E-state index in [1.807, 2.05) is 20.8 Å².